The SMILES string of the molecule is Oc1cccc(CNCC2CCCCC2)c1O. The molecular weight excluding hydrogens is 214 g/mol. The number of hydrogen-bond acceptors (Lipinski definition) is 3. The lowest BCUT2D eigenvalue weighted by Crippen LogP contribution is -2.24. The molecule has 0 spiro atoms. The molecule has 0 aromatic heterocycles. The van der Waals surface area contributed by atoms with Gasteiger partial charge in [-0.15, -0.1) is 0 Å². The van der Waals surface area contributed by atoms with Gasteiger partial charge in [0.15, 0.2) is 11.5 Å². The summed E-state index contributed by atoms with van der Waals surface area (Å²) in [6, 6.07) is 5.09. The maximum Gasteiger partial charge on any atom is 0.161 e. The molecule has 0 unspecified atom stereocenters. The molecule has 2 rings (SSSR count). The van der Waals surface area contributed by atoms with E-state index in [0.717, 1.165) is 18.0 Å². The molecule has 17 heavy (non-hydrogen) atoms. The van der Waals surface area contributed by atoms with Crippen molar-refractivity contribution in [3.05, 3.63) is 23.8 Å². The number of para-hydroxylation sites is 1. The van der Waals surface area contributed by atoms with Crippen molar-refractivity contribution in [1.82, 2.24) is 5.32 Å². The van der Waals surface area contributed by atoms with Gasteiger partial charge in [-0.3, -0.25) is 0 Å². The second kappa shape index (κ2) is 5.92. The fraction of sp³-hybridized carbons (Fsp3) is 0.571. The minimum atomic E-state index is -0.0398. The molecule has 1 saturated carbocycles. The normalized spacial score (nSPS) is 17.2. The fourth-order valence-electron chi connectivity index (χ4n) is 2.52. The first kappa shape index (κ1) is 12.2. The number of hydrogen-bond donors (Lipinski definition) is 3. The van der Waals surface area contributed by atoms with E-state index in [0.29, 0.717) is 6.54 Å². The average molecular weight is 235 g/mol. The second-order valence-electron chi connectivity index (χ2n) is 4.92. The number of benzene rings is 1. The molecule has 0 atom stereocenters. The molecule has 1 aliphatic carbocycles. The van der Waals surface area contributed by atoms with Crippen LogP contribution in [-0.2, 0) is 6.54 Å². The Bertz CT molecular complexity index is 359. The first-order valence-corrected chi connectivity index (χ1v) is 6.48. The van der Waals surface area contributed by atoms with Gasteiger partial charge >= 0.3 is 0 Å². The minimum absolute atomic E-state index is 0.00337. The van der Waals surface area contributed by atoms with Gasteiger partial charge < -0.3 is 15.5 Å². The van der Waals surface area contributed by atoms with Crippen LogP contribution in [0, 0.1) is 5.92 Å². The van der Waals surface area contributed by atoms with Crippen molar-refractivity contribution in [2.24, 2.45) is 5.92 Å². The van der Waals surface area contributed by atoms with Crippen LogP contribution in [0.25, 0.3) is 0 Å². The van der Waals surface area contributed by atoms with Crippen LogP contribution < -0.4 is 5.32 Å². The molecule has 0 heterocycles. The summed E-state index contributed by atoms with van der Waals surface area (Å²) < 4.78 is 0. The van der Waals surface area contributed by atoms with Crippen LogP contribution in [0.15, 0.2) is 18.2 Å². The molecule has 1 aromatic carbocycles. The molecule has 94 valence electrons. The predicted octanol–water partition coefficient (Wildman–Crippen LogP) is 2.77. The summed E-state index contributed by atoms with van der Waals surface area (Å²) in [5.41, 5.74) is 0.765. The Balaban J connectivity index is 1.79. The predicted molar refractivity (Wildman–Crippen MR) is 68.1 cm³/mol. The Hall–Kier alpha value is -1.22. The van der Waals surface area contributed by atoms with Crippen molar-refractivity contribution in [2.45, 2.75) is 38.6 Å². The summed E-state index contributed by atoms with van der Waals surface area (Å²) in [6.45, 7) is 1.63. The van der Waals surface area contributed by atoms with Crippen LogP contribution >= 0.6 is 0 Å². The molecule has 0 amide bonds. The van der Waals surface area contributed by atoms with Gasteiger partial charge in [0.05, 0.1) is 0 Å². The van der Waals surface area contributed by atoms with E-state index in [1.165, 1.54) is 38.2 Å². The third kappa shape index (κ3) is 3.37. The third-order valence-corrected chi connectivity index (χ3v) is 3.57. The van der Waals surface area contributed by atoms with E-state index in [4.69, 9.17) is 0 Å². The molecule has 1 aromatic rings. The molecule has 0 saturated heterocycles. The summed E-state index contributed by atoms with van der Waals surface area (Å²) >= 11 is 0. The van der Waals surface area contributed by atoms with Crippen LogP contribution in [0.5, 0.6) is 11.5 Å². The lowest BCUT2D eigenvalue weighted by Gasteiger charge is -2.21. The lowest BCUT2D eigenvalue weighted by molar-refractivity contribution is 0.340. The largest absolute Gasteiger partial charge is 0.504 e. The molecule has 1 aliphatic rings. The topological polar surface area (TPSA) is 52.5 Å². The highest BCUT2D eigenvalue weighted by molar-refractivity contribution is 5.44. The zero-order valence-corrected chi connectivity index (χ0v) is 10.2. The van der Waals surface area contributed by atoms with Gasteiger partial charge in [0.2, 0.25) is 0 Å². The van der Waals surface area contributed by atoms with E-state index in [1.54, 1.807) is 6.07 Å². The zero-order chi connectivity index (χ0) is 12.1. The third-order valence-electron chi connectivity index (χ3n) is 3.57. The summed E-state index contributed by atoms with van der Waals surface area (Å²) in [4.78, 5) is 0. The van der Waals surface area contributed by atoms with Gasteiger partial charge in [-0.05, 0) is 31.4 Å². The van der Waals surface area contributed by atoms with Crippen LogP contribution in [0.4, 0.5) is 0 Å². The van der Waals surface area contributed by atoms with Gasteiger partial charge in [0.25, 0.3) is 0 Å². The van der Waals surface area contributed by atoms with E-state index in [1.807, 2.05) is 6.07 Å². The van der Waals surface area contributed by atoms with Crippen molar-refractivity contribution in [2.75, 3.05) is 6.54 Å². The van der Waals surface area contributed by atoms with Crippen molar-refractivity contribution in [1.29, 1.82) is 0 Å². The molecular formula is C14H21NO2. The molecule has 3 nitrogen and oxygen atoms in total. The molecule has 1 fully saturated rings. The standard InChI is InChI=1S/C14H21NO2/c16-13-8-4-7-12(14(13)17)10-15-9-11-5-2-1-3-6-11/h4,7-8,11,15-17H,1-3,5-6,9-10H2. The Labute approximate surface area is 102 Å². The Morgan fingerprint density at radius 3 is 2.65 bits per heavy atom. The van der Waals surface area contributed by atoms with Crippen LogP contribution in [0.2, 0.25) is 0 Å². The zero-order valence-electron chi connectivity index (χ0n) is 10.2. The number of phenolic OH excluding ortho intramolecular Hbond substituents is 2. The number of phenols is 2. The first-order valence-electron chi connectivity index (χ1n) is 6.48. The van der Waals surface area contributed by atoms with Gasteiger partial charge in [-0.1, -0.05) is 31.4 Å². The highest BCUT2D eigenvalue weighted by atomic mass is 16.3. The highest BCUT2D eigenvalue weighted by Crippen LogP contribution is 2.28. The van der Waals surface area contributed by atoms with E-state index < -0.39 is 0 Å². The maximum absolute atomic E-state index is 9.64. The Kier molecular flexibility index (Phi) is 4.26. The van der Waals surface area contributed by atoms with Gasteiger partial charge in [-0.2, -0.15) is 0 Å². The van der Waals surface area contributed by atoms with Crippen molar-refractivity contribution >= 4 is 0 Å². The van der Waals surface area contributed by atoms with Crippen LogP contribution in [0.1, 0.15) is 37.7 Å². The molecule has 3 N–H and O–H groups in total. The lowest BCUT2D eigenvalue weighted by atomic mass is 9.89. The van der Waals surface area contributed by atoms with Gasteiger partial charge in [-0.25, -0.2) is 0 Å². The smallest absolute Gasteiger partial charge is 0.161 e. The fourth-order valence-corrected chi connectivity index (χ4v) is 2.52. The van der Waals surface area contributed by atoms with E-state index in [9.17, 15) is 10.2 Å². The van der Waals surface area contributed by atoms with Crippen molar-refractivity contribution in [3.8, 4) is 11.5 Å². The summed E-state index contributed by atoms with van der Waals surface area (Å²) in [5.74, 6) is 0.744. The molecule has 0 bridgehead atoms. The Morgan fingerprint density at radius 2 is 1.88 bits per heavy atom. The molecule has 0 aliphatic heterocycles. The summed E-state index contributed by atoms with van der Waals surface area (Å²) in [5, 5.41) is 22.4. The van der Waals surface area contributed by atoms with Crippen molar-refractivity contribution in [3.63, 3.8) is 0 Å². The van der Waals surface area contributed by atoms with Gasteiger partial charge in [0, 0.05) is 12.1 Å². The molecule has 3 heteroatoms. The minimum Gasteiger partial charge on any atom is -0.504 e. The van der Waals surface area contributed by atoms with Crippen molar-refractivity contribution < 1.29 is 10.2 Å². The maximum atomic E-state index is 9.64. The van der Waals surface area contributed by atoms with Crippen LogP contribution in [0.3, 0.4) is 0 Å². The average Bonchev–Trinajstić information content (AvgIpc) is 2.36. The summed E-state index contributed by atoms with van der Waals surface area (Å²) in [6.07, 6.45) is 6.72. The molecule has 0 radical (unpaired) electrons. The van der Waals surface area contributed by atoms with E-state index >= 15 is 0 Å². The highest BCUT2D eigenvalue weighted by Gasteiger charge is 2.13. The number of nitrogens with one attached hydrogen (secondary N) is 1. The Morgan fingerprint density at radius 1 is 1.12 bits per heavy atom. The number of aromatic hydroxyl groups is 2. The van der Waals surface area contributed by atoms with Gasteiger partial charge in [0.1, 0.15) is 0 Å². The van der Waals surface area contributed by atoms with Crippen LogP contribution in [-0.4, -0.2) is 16.8 Å². The quantitative estimate of drug-likeness (QED) is 0.703. The summed E-state index contributed by atoms with van der Waals surface area (Å²) in [7, 11) is 0. The van der Waals surface area contributed by atoms with E-state index in [2.05, 4.69) is 5.32 Å². The van der Waals surface area contributed by atoms with E-state index in [-0.39, 0.29) is 11.5 Å². The monoisotopic (exact) mass is 235 g/mol. The second-order valence-corrected chi connectivity index (χ2v) is 4.92. The number of rotatable bonds is 4. The first-order chi connectivity index (χ1) is 8.27.